The van der Waals surface area contributed by atoms with E-state index in [2.05, 4.69) is 5.32 Å². The van der Waals surface area contributed by atoms with Gasteiger partial charge in [0.2, 0.25) is 5.91 Å². The van der Waals surface area contributed by atoms with E-state index in [1.54, 1.807) is 11.8 Å². The molecule has 0 aliphatic heterocycles. The number of hydrogen-bond donors (Lipinski definition) is 1. The predicted molar refractivity (Wildman–Crippen MR) is 120 cm³/mol. The number of nitrogens with zero attached hydrogens (tertiary/aromatic N) is 1. The lowest BCUT2D eigenvalue weighted by Crippen LogP contribution is -2.50. The zero-order chi connectivity index (χ0) is 22.3. The van der Waals surface area contributed by atoms with Gasteiger partial charge in [0, 0.05) is 12.6 Å². The van der Waals surface area contributed by atoms with E-state index in [1.165, 1.54) is 0 Å². The van der Waals surface area contributed by atoms with Gasteiger partial charge in [0.25, 0.3) is 5.91 Å². The van der Waals surface area contributed by atoms with E-state index < -0.39 is 6.04 Å². The Balaban J connectivity index is 2.18. The van der Waals surface area contributed by atoms with Gasteiger partial charge in [0.1, 0.15) is 11.8 Å². The summed E-state index contributed by atoms with van der Waals surface area (Å²) in [6, 6.07) is 13.3. The molecule has 1 N–H and O–H groups in total. The summed E-state index contributed by atoms with van der Waals surface area (Å²) >= 11 is 0. The highest BCUT2D eigenvalue weighted by Crippen LogP contribution is 2.19. The molecule has 0 aromatic heterocycles. The third kappa shape index (κ3) is 6.61. The molecule has 0 radical (unpaired) electrons. The largest absolute Gasteiger partial charge is 0.483 e. The Hall–Kier alpha value is -2.82. The van der Waals surface area contributed by atoms with E-state index in [9.17, 15) is 9.59 Å². The third-order valence-corrected chi connectivity index (χ3v) is 5.29. The van der Waals surface area contributed by atoms with Crippen LogP contribution in [0.3, 0.4) is 0 Å². The molecule has 30 heavy (non-hydrogen) atoms. The molecule has 0 aliphatic rings. The summed E-state index contributed by atoms with van der Waals surface area (Å²) in [5.74, 6) is 0.307. The van der Waals surface area contributed by atoms with E-state index >= 15 is 0 Å². The third-order valence-electron chi connectivity index (χ3n) is 5.29. The van der Waals surface area contributed by atoms with Crippen molar-refractivity contribution < 1.29 is 14.3 Å². The van der Waals surface area contributed by atoms with Gasteiger partial charge >= 0.3 is 0 Å². The molecule has 0 fully saturated rings. The highest BCUT2D eigenvalue weighted by molar-refractivity contribution is 5.88. The lowest BCUT2D eigenvalue weighted by Gasteiger charge is -2.29. The number of ether oxygens (including phenoxy) is 1. The van der Waals surface area contributed by atoms with Crippen LogP contribution in [0.2, 0.25) is 0 Å². The summed E-state index contributed by atoms with van der Waals surface area (Å²) in [6.07, 6.45) is 0.833. The van der Waals surface area contributed by atoms with E-state index in [4.69, 9.17) is 4.74 Å². The van der Waals surface area contributed by atoms with Crippen molar-refractivity contribution in [3.8, 4) is 5.75 Å². The van der Waals surface area contributed by atoms with Gasteiger partial charge in [-0.05, 0) is 58.2 Å². The molecule has 0 aliphatic carbocycles. The second kappa shape index (κ2) is 10.8. The first-order valence-electron chi connectivity index (χ1n) is 10.6. The maximum absolute atomic E-state index is 13.1. The van der Waals surface area contributed by atoms with Crippen molar-refractivity contribution in [1.29, 1.82) is 0 Å². The van der Waals surface area contributed by atoms with Crippen molar-refractivity contribution in [2.24, 2.45) is 0 Å². The van der Waals surface area contributed by atoms with Gasteiger partial charge < -0.3 is 15.0 Å². The van der Waals surface area contributed by atoms with Crippen LogP contribution >= 0.6 is 0 Å². The molecule has 2 rings (SSSR count). The van der Waals surface area contributed by atoms with Crippen LogP contribution in [-0.4, -0.2) is 35.4 Å². The Bertz CT molecular complexity index is 878. The summed E-state index contributed by atoms with van der Waals surface area (Å²) in [5.41, 5.74) is 4.22. The molecule has 0 saturated carbocycles. The number of carbonyl (C=O) groups is 2. The number of nitrogens with one attached hydrogen (secondary N) is 1. The predicted octanol–water partition coefficient (Wildman–Crippen LogP) is 4.32. The first-order valence-corrected chi connectivity index (χ1v) is 10.6. The number of rotatable bonds is 9. The summed E-state index contributed by atoms with van der Waals surface area (Å²) in [7, 11) is 0. The monoisotopic (exact) mass is 410 g/mol. The number of amides is 2. The van der Waals surface area contributed by atoms with Crippen molar-refractivity contribution in [3.05, 3.63) is 64.7 Å². The topological polar surface area (TPSA) is 58.6 Å². The number of hydrogen-bond acceptors (Lipinski definition) is 3. The smallest absolute Gasteiger partial charge is 0.261 e. The number of carbonyl (C=O) groups excluding carboxylic acids is 2. The Kier molecular flexibility index (Phi) is 8.46. The molecule has 0 spiro atoms. The van der Waals surface area contributed by atoms with Crippen LogP contribution in [0.1, 0.15) is 49.4 Å². The van der Waals surface area contributed by atoms with Crippen LogP contribution in [-0.2, 0) is 16.1 Å². The fourth-order valence-corrected chi connectivity index (χ4v) is 3.24. The molecule has 2 atom stereocenters. The zero-order valence-corrected chi connectivity index (χ0v) is 19.0. The van der Waals surface area contributed by atoms with Crippen LogP contribution in [0.25, 0.3) is 0 Å². The number of aryl methyl sites for hydroxylation is 3. The van der Waals surface area contributed by atoms with E-state index in [-0.39, 0.29) is 24.5 Å². The minimum atomic E-state index is -0.602. The highest BCUT2D eigenvalue weighted by atomic mass is 16.5. The minimum Gasteiger partial charge on any atom is -0.483 e. The van der Waals surface area contributed by atoms with Gasteiger partial charge in [-0.1, -0.05) is 54.4 Å². The summed E-state index contributed by atoms with van der Waals surface area (Å²) in [5, 5.41) is 2.98. The average Bonchev–Trinajstić information content (AvgIpc) is 2.70. The van der Waals surface area contributed by atoms with Gasteiger partial charge in [0.05, 0.1) is 0 Å². The first-order chi connectivity index (χ1) is 14.2. The van der Waals surface area contributed by atoms with E-state index in [0.29, 0.717) is 12.3 Å². The molecular formula is C25H34N2O3. The summed E-state index contributed by atoms with van der Waals surface area (Å²) < 4.78 is 5.81. The quantitative estimate of drug-likeness (QED) is 0.670. The van der Waals surface area contributed by atoms with Crippen LogP contribution in [0.5, 0.6) is 5.75 Å². The average molecular weight is 411 g/mol. The molecular weight excluding hydrogens is 376 g/mol. The Morgan fingerprint density at radius 1 is 1.03 bits per heavy atom. The normalized spacial score (nSPS) is 12.7. The zero-order valence-electron chi connectivity index (χ0n) is 19.0. The van der Waals surface area contributed by atoms with Gasteiger partial charge in [0.15, 0.2) is 6.61 Å². The van der Waals surface area contributed by atoms with Crippen LogP contribution in [0, 0.1) is 20.8 Å². The van der Waals surface area contributed by atoms with Gasteiger partial charge in [-0.25, -0.2) is 0 Å². The fraction of sp³-hybridized carbons (Fsp3) is 0.440. The SMILES string of the molecule is CC[C@H](C)NC(=O)[C@H](C)N(Cc1cccc(C)c1)C(=O)COc1ccc(C)cc1C. The van der Waals surface area contributed by atoms with Gasteiger partial charge in [-0.2, -0.15) is 0 Å². The highest BCUT2D eigenvalue weighted by Gasteiger charge is 2.27. The second-order valence-corrected chi connectivity index (χ2v) is 8.06. The van der Waals surface area contributed by atoms with Crippen molar-refractivity contribution >= 4 is 11.8 Å². The van der Waals surface area contributed by atoms with Crippen LogP contribution in [0.4, 0.5) is 0 Å². The maximum Gasteiger partial charge on any atom is 0.261 e. The Morgan fingerprint density at radius 2 is 1.73 bits per heavy atom. The molecule has 162 valence electrons. The minimum absolute atomic E-state index is 0.0577. The van der Waals surface area contributed by atoms with Crippen molar-refractivity contribution in [2.75, 3.05) is 6.61 Å². The molecule has 2 aromatic carbocycles. The maximum atomic E-state index is 13.1. The molecule has 0 heterocycles. The molecule has 0 unspecified atom stereocenters. The number of benzene rings is 2. The van der Waals surface area contributed by atoms with E-state index in [0.717, 1.165) is 28.7 Å². The van der Waals surface area contributed by atoms with Gasteiger partial charge in [-0.3, -0.25) is 9.59 Å². The van der Waals surface area contributed by atoms with Crippen molar-refractivity contribution in [3.63, 3.8) is 0 Å². The second-order valence-electron chi connectivity index (χ2n) is 8.06. The molecule has 2 aromatic rings. The fourth-order valence-electron chi connectivity index (χ4n) is 3.24. The lowest BCUT2D eigenvalue weighted by atomic mass is 10.1. The Labute approximate surface area is 180 Å². The molecule has 5 nitrogen and oxygen atoms in total. The molecule has 2 amide bonds. The van der Waals surface area contributed by atoms with Crippen LogP contribution < -0.4 is 10.1 Å². The van der Waals surface area contributed by atoms with Crippen molar-refractivity contribution in [1.82, 2.24) is 10.2 Å². The molecule has 5 heteroatoms. The first kappa shape index (κ1) is 23.5. The standard InChI is InChI=1S/C25H34N2O3/c1-7-20(5)26-25(29)21(6)27(15-22-10-8-9-17(2)14-22)24(28)16-30-23-12-11-18(3)13-19(23)4/h8-14,20-21H,7,15-16H2,1-6H3,(H,26,29)/t20-,21-/m0/s1. The Morgan fingerprint density at radius 3 is 2.37 bits per heavy atom. The summed E-state index contributed by atoms with van der Waals surface area (Å²) in [4.78, 5) is 27.4. The summed E-state index contributed by atoms with van der Waals surface area (Å²) in [6.45, 7) is 12.0. The molecule has 0 bridgehead atoms. The molecule has 0 saturated heterocycles. The lowest BCUT2D eigenvalue weighted by molar-refractivity contribution is -0.142. The van der Waals surface area contributed by atoms with Crippen molar-refractivity contribution in [2.45, 2.75) is 66.6 Å². The van der Waals surface area contributed by atoms with E-state index in [1.807, 2.05) is 77.1 Å². The van der Waals surface area contributed by atoms with Gasteiger partial charge in [-0.15, -0.1) is 0 Å². The van der Waals surface area contributed by atoms with Crippen LogP contribution in [0.15, 0.2) is 42.5 Å².